The minimum atomic E-state index is -0.763. The number of hydrogen-bond acceptors (Lipinski definition) is 3. The van der Waals surface area contributed by atoms with E-state index in [1.165, 1.54) is 0 Å². The van der Waals surface area contributed by atoms with E-state index in [0.717, 1.165) is 37.1 Å². The molecule has 24 heavy (non-hydrogen) atoms. The lowest BCUT2D eigenvalue weighted by Gasteiger charge is -2.29. The molecule has 1 saturated carbocycles. The Morgan fingerprint density at radius 1 is 1.17 bits per heavy atom. The van der Waals surface area contributed by atoms with Crippen molar-refractivity contribution in [3.8, 4) is 5.75 Å². The largest absolute Gasteiger partial charge is 0.496 e. The molecule has 1 amide bonds. The molecule has 0 radical (unpaired) electrons. The molecular formula is C19H25NO4. The van der Waals surface area contributed by atoms with Crippen LogP contribution in [0.3, 0.4) is 0 Å². The Morgan fingerprint density at radius 2 is 1.92 bits per heavy atom. The van der Waals surface area contributed by atoms with Crippen LogP contribution in [0.15, 0.2) is 24.3 Å². The second-order valence-electron chi connectivity index (χ2n) is 6.91. The molecule has 2 aliphatic rings. The summed E-state index contributed by atoms with van der Waals surface area (Å²) in [6, 6.07) is 7.98. The second-order valence-corrected chi connectivity index (χ2v) is 6.91. The van der Waals surface area contributed by atoms with Crippen molar-refractivity contribution in [1.82, 2.24) is 4.90 Å². The maximum atomic E-state index is 12.8. The Morgan fingerprint density at radius 3 is 2.67 bits per heavy atom. The summed E-state index contributed by atoms with van der Waals surface area (Å²) >= 11 is 0. The molecule has 1 aromatic carbocycles. The fourth-order valence-corrected chi connectivity index (χ4v) is 4.11. The highest BCUT2D eigenvalue weighted by molar-refractivity contribution is 5.80. The standard InChI is InChI=1S/C19H25NO4/c1-24-17-8-3-2-7-16(17)15-9-10-20(12-15)18(21)13-5-4-6-14(11-13)19(22)23/h2-3,7-8,13-15H,4-6,9-12H2,1H3,(H,22,23). The molecule has 1 saturated heterocycles. The summed E-state index contributed by atoms with van der Waals surface area (Å²) in [5.41, 5.74) is 1.15. The third-order valence-electron chi connectivity index (χ3n) is 5.45. The van der Waals surface area contributed by atoms with E-state index in [1.807, 2.05) is 23.1 Å². The number of aliphatic carboxylic acids is 1. The number of hydrogen-bond donors (Lipinski definition) is 1. The number of ether oxygens (including phenoxy) is 1. The van der Waals surface area contributed by atoms with Gasteiger partial charge in [-0.25, -0.2) is 0 Å². The van der Waals surface area contributed by atoms with Crippen molar-refractivity contribution in [1.29, 1.82) is 0 Å². The van der Waals surface area contributed by atoms with Gasteiger partial charge in [0.25, 0.3) is 0 Å². The fraction of sp³-hybridized carbons (Fsp3) is 0.579. The molecule has 2 fully saturated rings. The highest BCUT2D eigenvalue weighted by atomic mass is 16.5. The molecule has 0 aromatic heterocycles. The lowest BCUT2D eigenvalue weighted by atomic mass is 9.81. The second kappa shape index (κ2) is 7.24. The molecule has 1 aliphatic heterocycles. The molecule has 1 N–H and O–H groups in total. The normalized spacial score (nSPS) is 27.0. The van der Waals surface area contributed by atoms with Gasteiger partial charge in [-0.15, -0.1) is 0 Å². The number of nitrogens with zero attached hydrogens (tertiary/aromatic N) is 1. The van der Waals surface area contributed by atoms with E-state index < -0.39 is 5.97 Å². The molecule has 1 aromatic rings. The number of rotatable bonds is 4. The lowest BCUT2D eigenvalue weighted by molar-refractivity contribution is -0.145. The van der Waals surface area contributed by atoms with Gasteiger partial charge in [-0.05, 0) is 37.3 Å². The van der Waals surface area contributed by atoms with Gasteiger partial charge in [-0.1, -0.05) is 24.6 Å². The van der Waals surface area contributed by atoms with Crippen molar-refractivity contribution in [2.24, 2.45) is 11.8 Å². The van der Waals surface area contributed by atoms with Gasteiger partial charge < -0.3 is 14.7 Å². The summed E-state index contributed by atoms with van der Waals surface area (Å²) < 4.78 is 5.44. The summed E-state index contributed by atoms with van der Waals surface area (Å²) in [5, 5.41) is 9.21. The van der Waals surface area contributed by atoms with Gasteiger partial charge in [-0.2, -0.15) is 0 Å². The number of carbonyl (C=O) groups is 2. The number of para-hydroxylation sites is 1. The van der Waals surface area contributed by atoms with E-state index in [1.54, 1.807) is 7.11 Å². The van der Waals surface area contributed by atoms with Crippen LogP contribution in [0.2, 0.25) is 0 Å². The Kier molecular flexibility index (Phi) is 5.07. The SMILES string of the molecule is COc1ccccc1C1CCN(C(=O)C2CCCC(C(=O)O)C2)C1. The first-order valence-corrected chi connectivity index (χ1v) is 8.74. The number of amides is 1. The van der Waals surface area contributed by atoms with E-state index in [0.29, 0.717) is 25.3 Å². The Hall–Kier alpha value is -2.04. The van der Waals surface area contributed by atoms with E-state index in [2.05, 4.69) is 6.07 Å². The molecule has 0 bridgehead atoms. The Balaban J connectivity index is 1.65. The van der Waals surface area contributed by atoms with Gasteiger partial charge >= 0.3 is 5.97 Å². The molecule has 0 spiro atoms. The third kappa shape index (κ3) is 3.40. The van der Waals surface area contributed by atoms with Gasteiger partial charge in [0.15, 0.2) is 0 Å². The van der Waals surface area contributed by atoms with E-state index >= 15 is 0 Å². The van der Waals surface area contributed by atoms with Crippen LogP contribution in [0.25, 0.3) is 0 Å². The zero-order valence-corrected chi connectivity index (χ0v) is 14.1. The molecule has 3 unspecified atom stereocenters. The number of benzene rings is 1. The zero-order valence-electron chi connectivity index (χ0n) is 14.1. The van der Waals surface area contributed by atoms with Crippen LogP contribution in [0.4, 0.5) is 0 Å². The molecule has 130 valence electrons. The summed E-state index contributed by atoms with van der Waals surface area (Å²) in [5.74, 6) is 0.0557. The lowest BCUT2D eigenvalue weighted by Crippen LogP contribution is -2.37. The first-order chi connectivity index (χ1) is 11.6. The third-order valence-corrected chi connectivity index (χ3v) is 5.45. The Bertz CT molecular complexity index is 615. The first kappa shape index (κ1) is 16.8. The summed E-state index contributed by atoms with van der Waals surface area (Å²) in [7, 11) is 1.67. The van der Waals surface area contributed by atoms with E-state index in [4.69, 9.17) is 4.74 Å². The minimum Gasteiger partial charge on any atom is -0.496 e. The average molecular weight is 331 g/mol. The van der Waals surface area contributed by atoms with Crippen LogP contribution >= 0.6 is 0 Å². The quantitative estimate of drug-likeness (QED) is 0.921. The van der Waals surface area contributed by atoms with Gasteiger partial charge in [0.05, 0.1) is 13.0 Å². The van der Waals surface area contributed by atoms with Crippen LogP contribution in [0.1, 0.15) is 43.6 Å². The Labute approximate surface area is 142 Å². The number of carboxylic acids is 1. The van der Waals surface area contributed by atoms with E-state index in [-0.39, 0.29) is 17.7 Å². The van der Waals surface area contributed by atoms with Crippen LogP contribution in [0.5, 0.6) is 5.75 Å². The van der Waals surface area contributed by atoms with Crippen molar-refractivity contribution in [3.05, 3.63) is 29.8 Å². The molecule has 5 heteroatoms. The fourth-order valence-electron chi connectivity index (χ4n) is 4.11. The van der Waals surface area contributed by atoms with Gasteiger partial charge in [-0.3, -0.25) is 9.59 Å². The van der Waals surface area contributed by atoms with Crippen molar-refractivity contribution < 1.29 is 19.4 Å². The van der Waals surface area contributed by atoms with Crippen LogP contribution in [0, 0.1) is 11.8 Å². The first-order valence-electron chi connectivity index (χ1n) is 8.74. The zero-order chi connectivity index (χ0) is 17.1. The van der Waals surface area contributed by atoms with Crippen molar-refractivity contribution >= 4 is 11.9 Å². The molecule has 3 atom stereocenters. The predicted molar refractivity (Wildman–Crippen MR) is 90.0 cm³/mol. The number of carboxylic acid groups (broad SMARTS) is 1. The maximum absolute atomic E-state index is 12.8. The highest BCUT2D eigenvalue weighted by Crippen LogP contribution is 2.36. The predicted octanol–water partition coefficient (Wildman–Crippen LogP) is 2.90. The number of carbonyl (C=O) groups excluding carboxylic acids is 1. The average Bonchev–Trinajstić information content (AvgIpc) is 3.11. The van der Waals surface area contributed by atoms with Gasteiger partial charge in [0.2, 0.25) is 5.91 Å². The summed E-state index contributed by atoms with van der Waals surface area (Å²) in [6.07, 6.45) is 3.77. The van der Waals surface area contributed by atoms with Crippen LogP contribution in [-0.4, -0.2) is 42.1 Å². The van der Waals surface area contributed by atoms with Crippen molar-refractivity contribution in [2.45, 2.75) is 38.0 Å². The topological polar surface area (TPSA) is 66.8 Å². The molecule has 5 nitrogen and oxygen atoms in total. The maximum Gasteiger partial charge on any atom is 0.306 e. The van der Waals surface area contributed by atoms with E-state index in [9.17, 15) is 14.7 Å². The smallest absolute Gasteiger partial charge is 0.306 e. The highest BCUT2D eigenvalue weighted by Gasteiger charge is 2.36. The monoisotopic (exact) mass is 331 g/mol. The number of methoxy groups -OCH3 is 1. The molecular weight excluding hydrogens is 306 g/mol. The molecule has 1 heterocycles. The van der Waals surface area contributed by atoms with Crippen LogP contribution in [-0.2, 0) is 9.59 Å². The molecule has 1 aliphatic carbocycles. The van der Waals surface area contributed by atoms with Crippen molar-refractivity contribution in [2.75, 3.05) is 20.2 Å². The summed E-state index contributed by atoms with van der Waals surface area (Å²) in [6.45, 7) is 1.45. The summed E-state index contributed by atoms with van der Waals surface area (Å²) in [4.78, 5) is 25.9. The van der Waals surface area contributed by atoms with Gasteiger partial charge in [0, 0.05) is 24.9 Å². The minimum absolute atomic E-state index is 0.128. The molecule has 3 rings (SSSR count). The van der Waals surface area contributed by atoms with Gasteiger partial charge in [0.1, 0.15) is 5.75 Å². The number of likely N-dealkylation sites (tertiary alicyclic amines) is 1. The van der Waals surface area contributed by atoms with Crippen LogP contribution < -0.4 is 4.74 Å². The van der Waals surface area contributed by atoms with Crippen molar-refractivity contribution in [3.63, 3.8) is 0 Å².